The molecule has 6 rings (SSSR count). The Kier molecular flexibility index (Phi) is 7.40. The van der Waals surface area contributed by atoms with Crippen LogP contribution in [0.15, 0.2) is 94.1 Å². The van der Waals surface area contributed by atoms with Crippen molar-refractivity contribution in [2.75, 3.05) is 20.8 Å². The molecule has 0 amide bonds. The van der Waals surface area contributed by atoms with Crippen molar-refractivity contribution in [2.24, 2.45) is 0 Å². The normalized spacial score (nSPS) is 14.3. The predicted octanol–water partition coefficient (Wildman–Crippen LogP) is 6.85. The molecule has 0 N–H and O–H groups in total. The molecule has 1 atom stereocenters. The van der Waals surface area contributed by atoms with Gasteiger partial charge in [-0.25, -0.2) is 4.79 Å². The Morgan fingerprint density at radius 1 is 0.857 bits per heavy atom. The standard InChI is InChI=1S/C35H30O7/c1-21-17-30-34(26(19-31(36)41-30)23-7-5-4-6-8-23)35-33(21)27(20-32(37)42-35)24-11-14-28(29(18-24)39-3)40-16-15-22-9-12-25(38-2)13-10-22/h4-14,17-19,27H,15-16,20H2,1-3H3/t27-/m1/s1. The predicted molar refractivity (Wildman–Crippen MR) is 160 cm³/mol. The van der Waals surface area contributed by atoms with E-state index in [1.807, 2.05) is 85.8 Å². The molecule has 7 nitrogen and oxygen atoms in total. The van der Waals surface area contributed by atoms with Crippen molar-refractivity contribution >= 4 is 16.9 Å². The van der Waals surface area contributed by atoms with E-state index >= 15 is 0 Å². The summed E-state index contributed by atoms with van der Waals surface area (Å²) in [5, 5.41) is 0.602. The smallest absolute Gasteiger partial charge is 0.336 e. The largest absolute Gasteiger partial charge is 0.497 e. The summed E-state index contributed by atoms with van der Waals surface area (Å²) in [6, 6.07) is 26.5. The summed E-state index contributed by atoms with van der Waals surface area (Å²) >= 11 is 0. The Bertz CT molecular complexity index is 1820. The van der Waals surface area contributed by atoms with Crippen molar-refractivity contribution in [3.63, 3.8) is 0 Å². The molecule has 7 heteroatoms. The van der Waals surface area contributed by atoms with Crippen LogP contribution in [0.25, 0.3) is 22.1 Å². The van der Waals surface area contributed by atoms with E-state index in [0.717, 1.165) is 40.0 Å². The monoisotopic (exact) mass is 562 g/mol. The van der Waals surface area contributed by atoms with Gasteiger partial charge in [-0.2, -0.15) is 0 Å². The van der Waals surface area contributed by atoms with Crippen molar-refractivity contribution in [3.8, 4) is 34.1 Å². The quantitative estimate of drug-likeness (QED) is 0.116. The average Bonchev–Trinajstić information content (AvgIpc) is 3.01. The van der Waals surface area contributed by atoms with Crippen LogP contribution < -0.4 is 24.6 Å². The van der Waals surface area contributed by atoms with E-state index in [-0.39, 0.29) is 18.3 Å². The molecule has 42 heavy (non-hydrogen) atoms. The number of aryl methyl sites for hydroxylation is 1. The Labute approximate surface area is 243 Å². The first-order valence-electron chi connectivity index (χ1n) is 13.8. The van der Waals surface area contributed by atoms with E-state index in [1.54, 1.807) is 14.2 Å². The zero-order valence-electron chi connectivity index (χ0n) is 23.6. The molecule has 0 bridgehead atoms. The lowest BCUT2D eigenvalue weighted by Crippen LogP contribution is -2.22. The SMILES string of the molecule is COc1ccc(CCOc2ccc([C@H]3CC(=O)Oc4c3c(C)cc3oc(=O)cc(-c5ccccc5)c43)cc2OC)cc1. The first-order valence-corrected chi connectivity index (χ1v) is 13.8. The fraction of sp³-hybridized carbons (Fsp3) is 0.200. The maximum absolute atomic E-state index is 13.0. The highest BCUT2D eigenvalue weighted by Gasteiger charge is 2.33. The van der Waals surface area contributed by atoms with Gasteiger partial charge in [0, 0.05) is 29.5 Å². The minimum atomic E-state index is -0.466. The lowest BCUT2D eigenvalue weighted by molar-refractivity contribution is -0.135. The molecule has 5 aromatic rings. The van der Waals surface area contributed by atoms with Gasteiger partial charge in [0.2, 0.25) is 0 Å². The van der Waals surface area contributed by atoms with Gasteiger partial charge >= 0.3 is 11.6 Å². The number of esters is 1. The van der Waals surface area contributed by atoms with Crippen LogP contribution in [-0.2, 0) is 11.2 Å². The van der Waals surface area contributed by atoms with Crippen LogP contribution in [0.2, 0.25) is 0 Å². The van der Waals surface area contributed by atoms with Crippen LogP contribution in [0.1, 0.15) is 34.6 Å². The Morgan fingerprint density at radius 2 is 1.64 bits per heavy atom. The zero-order valence-corrected chi connectivity index (χ0v) is 23.6. The molecule has 0 saturated heterocycles. The lowest BCUT2D eigenvalue weighted by Gasteiger charge is -2.28. The van der Waals surface area contributed by atoms with Crippen molar-refractivity contribution in [1.29, 1.82) is 0 Å². The molecule has 0 radical (unpaired) electrons. The van der Waals surface area contributed by atoms with Crippen LogP contribution in [-0.4, -0.2) is 26.8 Å². The van der Waals surface area contributed by atoms with E-state index < -0.39 is 5.63 Å². The highest BCUT2D eigenvalue weighted by molar-refractivity contribution is 6.01. The molecule has 0 unspecified atom stereocenters. The minimum Gasteiger partial charge on any atom is -0.497 e. The number of fused-ring (bicyclic) bond motifs is 3. The number of ether oxygens (including phenoxy) is 4. The van der Waals surface area contributed by atoms with E-state index in [9.17, 15) is 9.59 Å². The molecule has 212 valence electrons. The molecule has 0 fully saturated rings. The lowest BCUT2D eigenvalue weighted by atomic mass is 9.82. The first kappa shape index (κ1) is 27.1. The van der Waals surface area contributed by atoms with Crippen molar-refractivity contribution < 1.29 is 28.2 Å². The molecule has 1 aliphatic rings. The van der Waals surface area contributed by atoms with Gasteiger partial charge in [-0.15, -0.1) is 0 Å². The summed E-state index contributed by atoms with van der Waals surface area (Å²) in [6.45, 7) is 2.41. The minimum absolute atomic E-state index is 0.164. The van der Waals surface area contributed by atoms with Crippen LogP contribution in [0.5, 0.6) is 23.0 Å². The van der Waals surface area contributed by atoms with Crippen molar-refractivity contribution in [1.82, 2.24) is 0 Å². The summed E-state index contributed by atoms with van der Waals surface area (Å²) in [5.41, 5.74) is 5.18. The molecule has 2 heterocycles. The van der Waals surface area contributed by atoms with Gasteiger partial charge in [0.05, 0.1) is 32.6 Å². The Hall–Kier alpha value is -5.04. The highest BCUT2D eigenvalue weighted by Crippen LogP contribution is 2.48. The van der Waals surface area contributed by atoms with Gasteiger partial charge in [0.25, 0.3) is 0 Å². The van der Waals surface area contributed by atoms with E-state index in [2.05, 4.69) is 0 Å². The van der Waals surface area contributed by atoms with Gasteiger partial charge in [0.1, 0.15) is 17.1 Å². The second kappa shape index (κ2) is 11.4. The average molecular weight is 563 g/mol. The molecule has 1 aromatic heterocycles. The Morgan fingerprint density at radius 3 is 2.38 bits per heavy atom. The van der Waals surface area contributed by atoms with Crippen LogP contribution in [0, 0.1) is 6.92 Å². The molecular formula is C35H30O7. The third-order valence-electron chi connectivity index (χ3n) is 7.65. The number of benzene rings is 4. The summed E-state index contributed by atoms with van der Waals surface area (Å²) < 4.78 is 28.5. The van der Waals surface area contributed by atoms with Gasteiger partial charge in [-0.1, -0.05) is 48.5 Å². The molecule has 0 spiro atoms. The third-order valence-corrected chi connectivity index (χ3v) is 7.65. The van der Waals surface area contributed by atoms with Gasteiger partial charge < -0.3 is 23.4 Å². The number of methoxy groups -OCH3 is 2. The second-order valence-corrected chi connectivity index (χ2v) is 10.2. The maximum Gasteiger partial charge on any atom is 0.336 e. The van der Waals surface area contributed by atoms with Crippen molar-refractivity contribution in [2.45, 2.75) is 25.7 Å². The topological polar surface area (TPSA) is 84.2 Å². The third kappa shape index (κ3) is 5.21. The van der Waals surface area contributed by atoms with Crippen LogP contribution in [0.4, 0.5) is 0 Å². The van der Waals surface area contributed by atoms with Crippen molar-refractivity contribution in [3.05, 3.63) is 118 Å². The van der Waals surface area contributed by atoms with Gasteiger partial charge in [-0.3, -0.25) is 4.79 Å². The van der Waals surface area contributed by atoms with E-state index in [4.69, 9.17) is 23.4 Å². The fourth-order valence-electron chi connectivity index (χ4n) is 5.62. The number of hydrogen-bond acceptors (Lipinski definition) is 7. The molecule has 1 aliphatic heterocycles. The summed E-state index contributed by atoms with van der Waals surface area (Å²) in [4.78, 5) is 25.5. The number of carbonyl (C=O) groups is 1. The molecule has 0 saturated carbocycles. The van der Waals surface area contributed by atoms with Gasteiger partial charge in [0.15, 0.2) is 11.5 Å². The number of carbonyl (C=O) groups excluding carboxylic acids is 1. The highest BCUT2D eigenvalue weighted by atomic mass is 16.5. The Balaban J connectivity index is 1.36. The zero-order chi connectivity index (χ0) is 29.2. The van der Waals surface area contributed by atoms with E-state index in [0.29, 0.717) is 40.4 Å². The summed E-state index contributed by atoms with van der Waals surface area (Å²) in [6.07, 6.45) is 0.889. The first-order chi connectivity index (χ1) is 20.4. The van der Waals surface area contributed by atoms with Crippen LogP contribution in [0.3, 0.4) is 0 Å². The fourth-order valence-corrected chi connectivity index (χ4v) is 5.62. The summed E-state index contributed by atoms with van der Waals surface area (Å²) in [5.74, 6) is 1.79. The summed E-state index contributed by atoms with van der Waals surface area (Å²) in [7, 11) is 3.25. The van der Waals surface area contributed by atoms with Crippen LogP contribution >= 0.6 is 0 Å². The number of hydrogen-bond donors (Lipinski definition) is 0. The molecule has 4 aromatic carbocycles. The second-order valence-electron chi connectivity index (χ2n) is 10.2. The number of rotatable bonds is 8. The maximum atomic E-state index is 13.0. The molecular weight excluding hydrogens is 532 g/mol. The van der Waals surface area contributed by atoms with E-state index in [1.165, 1.54) is 6.07 Å². The van der Waals surface area contributed by atoms with Gasteiger partial charge in [-0.05, 0) is 59.5 Å². The molecule has 0 aliphatic carbocycles.